The summed E-state index contributed by atoms with van der Waals surface area (Å²) in [6, 6.07) is 11.4. The molecule has 3 aromatic rings. The second kappa shape index (κ2) is 10.3. The summed E-state index contributed by atoms with van der Waals surface area (Å²) in [4.78, 5) is 35.7. The lowest BCUT2D eigenvalue weighted by Gasteiger charge is -2.20. The molecular formula is C26H27F2N5O3. The van der Waals surface area contributed by atoms with Gasteiger partial charge in [0.05, 0.1) is 0 Å². The van der Waals surface area contributed by atoms with Gasteiger partial charge in [-0.2, -0.15) is 4.98 Å². The van der Waals surface area contributed by atoms with Gasteiger partial charge >= 0.3 is 5.97 Å². The number of hydrogen-bond donors (Lipinski definition) is 2. The zero-order valence-electron chi connectivity index (χ0n) is 20.3. The zero-order chi connectivity index (χ0) is 25.9. The van der Waals surface area contributed by atoms with Crippen molar-refractivity contribution in [3.05, 3.63) is 77.0 Å². The minimum absolute atomic E-state index is 0.0199. The molecule has 10 heteroatoms. The van der Waals surface area contributed by atoms with Crippen LogP contribution in [0.2, 0.25) is 0 Å². The Morgan fingerprint density at radius 1 is 1.08 bits per heavy atom. The molecule has 1 aliphatic heterocycles. The summed E-state index contributed by atoms with van der Waals surface area (Å²) >= 11 is 0. The van der Waals surface area contributed by atoms with Gasteiger partial charge in [0.1, 0.15) is 35.2 Å². The summed E-state index contributed by atoms with van der Waals surface area (Å²) in [6.45, 7) is 5.19. The van der Waals surface area contributed by atoms with Crippen molar-refractivity contribution in [3.63, 3.8) is 0 Å². The van der Waals surface area contributed by atoms with Crippen LogP contribution in [0.3, 0.4) is 0 Å². The van der Waals surface area contributed by atoms with Gasteiger partial charge in [0.25, 0.3) is 5.91 Å². The maximum atomic E-state index is 14.2. The second-order valence-electron chi connectivity index (χ2n) is 9.29. The fourth-order valence-electron chi connectivity index (χ4n) is 3.85. The molecular weight excluding hydrogens is 468 g/mol. The molecule has 1 amide bonds. The van der Waals surface area contributed by atoms with E-state index in [9.17, 15) is 18.4 Å². The van der Waals surface area contributed by atoms with Crippen molar-refractivity contribution in [2.45, 2.75) is 39.3 Å². The molecule has 0 spiro atoms. The lowest BCUT2D eigenvalue weighted by atomic mass is 10.2. The van der Waals surface area contributed by atoms with Gasteiger partial charge in [0.2, 0.25) is 5.95 Å². The van der Waals surface area contributed by atoms with Gasteiger partial charge in [-0.25, -0.2) is 13.8 Å². The van der Waals surface area contributed by atoms with E-state index in [-0.39, 0.29) is 30.0 Å². The predicted molar refractivity (Wildman–Crippen MR) is 131 cm³/mol. The van der Waals surface area contributed by atoms with Crippen molar-refractivity contribution in [1.82, 2.24) is 15.3 Å². The van der Waals surface area contributed by atoms with Crippen LogP contribution in [0.1, 0.15) is 42.3 Å². The quantitative estimate of drug-likeness (QED) is 0.476. The maximum absolute atomic E-state index is 14.2. The van der Waals surface area contributed by atoms with Gasteiger partial charge in [-0.05, 0) is 51.0 Å². The molecule has 0 radical (unpaired) electrons. The van der Waals surface area contributed by atoms with E-state index in [1.165, 1.54) is 12.3 Å². The third-order valence-electron chi connectivity index (χ3n) is 5.46. The minimum atomic E-state index is -0.721. The van der Waals surface area contributed by atoms with Crippen LogP contribution in [-0.4, -0.2) is 40.5 Å². The molecule has 0 bridgehead atoms. The smallest absolute Gasteiger partial charge is 0.325 e. The molecule has 0 aliphatic carbocycles. The van der Waals surface area contributed by atoms with Crippen molar-refractivity contribution in [1.29, 1.82) is 0 Å². The van der Waals surface area contributed by atoms with Crippen molar-refractivity contribution in [2.75, 3.05) is 23.3 Å². The van der Waals surface area contributed by atoms with Crippen molar-refractivity contribution >= 4 is 29.3 Å². The molecule has 2 N–H and O–H groups in total. The van der Waals surface area contributed by atoms with E-state index in [2.05, 4.69) is 20.6 Å². The SMILES string of the molecule is CC(C)(C)OC(=O)CNC(=O)c1cnc(N2CCc3ccccc32)nc1NCc1c(F)cccc1F. The van der Waals surface area contributed by atoms with E-state index < -0.39 is 29.1 Å². The Hall–Kier alpha value is -4.08. The van der Waals surface area contributed by atoms with Crippen LogP contribution in [0.5, 0.6) is 0 Å². The lowest BCUT2D eigenvalue weighted by molar-refractivity contribution is -0.153. The van der Waals surface area contributed by atoms with E-state index in [4.69, 9.17) is 4.74 Å². The zero-order valence-corrected chi connectivity index (χ0v) is 20.3. The Balaban J connectivity index is 1.60. The van der Waals surface area contributed by atoms with E-state index in [0.29, 0.717) is 12.5 Å². The monoisotopic (exact) mass is 495 g/mol. The Morgan fingerprint density at radius 3 is 2.53 bits per heavy atom. The van der Waals surface area contributed by atoms with Crippen LogP contribution in [0.4, 0.5) is 26.2 Å². The van der Waals surface area contributed by atoms with Crippen LogP contribution >= 0.6 is 0 Å². The van der Waals surface area contributed by atoms with E-state index >= 15 is 0 Å². The van der Waals surface area contributed by atoms with Gasteiger partial charge in [0.15, 0.2) is 0 Å². The molecule has 0 unspecified atom stereocenters. The number of anilines is 3. The van der Waals surface area contributed by atoms with Crippen molar-refractivity contribution in [3.8, 4) is 0 Å². The Bertz CT molecular complexity index is 1270. The Morgan fingerprint density at radius 2 is 1.81 bits per heavy atom. The topological polar surface area (TPSA) is 96.4 Å². The number of benzene rings is 2. The van der Waals surface area contributed by atoms with E-state index in [1.807, 2.05) is 29.2 Å². The molecule has 0 atom stereocenters. The molecule has 0 saturated carbocycles. The standard InChI is InChI=1S/C26H27F2N5O3/c1-26(2,3)36-22(34)15-30-24(35)18-14-31-25(33-12-11-16-7-4-5-10-21(16)33)32-23(18)29-13-17-19(27)8-6-9-20(17)28/h4-10,14H,11-13,15H2,1-3H3,(H,30,35)(H,29,31,32). The number of halogens is 2. The first-order valence-electron chi connectivity index (χ1n) is 11.5. The van der Waals surface area contributed by atoms with Crippen LogP contribution < -0.4 is 15.5 Å². The Kier molecular flexibility index (Phi) is 7.14. The van der Waals surface area contributed by atoms with Gasteiger partial charge in [-0.15, -0.1) is 0 Å². The summed E-state index contributed by atoms with van der Waals surface area (Å²) in [7, 11) is 0. The molecule has 36 heavy (non-hydrogen) atoms. The molecule has 0 fully saturated rings. The average molecular weight is 496 g/mol. The number of nitrogens with zero attached hydrogens (tertiary/aromatic N) is 3. The molecule has 4 rings (SSSR count). The van der Waals surface area contributed by atoms with Gasteiger partial charge in [-0.1, -0.05) is 24.3 Å². The van der Waals surface area contributed by atoms with Crippen LogP contribution in [-0.2, 0) is 22.5 Å². The number of fused-ring (bicyclic) bond motifs is 1. The number of hydrogen-bond acceptors (Lipinski definition) is 7. The summed E-state index contributed by atoms with van der Waals surface area (Å²) in [5, 5.41) is 5.36. The second-order valence-corrected chi connectivity index (χ2v) is 9.29. The molecule has 1 aromatic heterocycles. The third kappa shape index (κ3) is 5.76. The Labute approximate surface area is 207 Å². The number of carbonyl (C=O) groups excluding carboxylic acids is 2. The van der Waals surface area contributed by atoms with Crippen molar-refractivity contribution in [2.24, 2.45) is 0 Å². The van der Waals surface area contributed by atoms with Crippen LogP contribution in [0.25, 0.3) is 0 Å². The first-order valence-corrected chi connectivity index (χ1v) is 11.5. The number of carbonyl (C=O) groups is 2. The summed E-state index contributed by atoms with van der Waals surface area (Å²) in [5.41, 5.74) is 1.22. The third-order valence-corrected chi connectivity index (χ3v) is 5.46. The fraction of sp³-hybridized carbons (Fsp3) is 0.308. The molecule has 8 nitrogen and oxygen atoms in total. The summed E-state index contributed by atoms with van der Waals surface area (Å²) in [6.07, 6.45) is 2.13. The van der Waals surface area contributed by atoms with Gasteiger partial charge in [-0.3, -0.25) is 9.59 Å². The van der Waals surface area contributed by atoms with Gasteiger partial charge < -0.3 is 20.3 Å². The highest BCUT2D eigenvalue weighted by Gasteiger charge is 2.25. The van der Waals surface area contributed by atoms with Crippen LogP contribution in [0.15, 0.2) is 48.7 Å². The van der Waals surface area contributed by atoms with Crippen LogP contribution in [0, 0.1) is 11.6 Å². The molecule has 0 saturated heterocycles. The molecule has 1 aliphatic rings. The predicted octanol–water partition coefficient (Wildman–Crippen LogP) is 4.13. The molecule has 2 heterocycles. The van der Waals surface area contributed by atoms with E-state index in [0.717, 1.165) is 29.8 Å². The maximum Gasteiger partial charge on any atom is 0.325 e. The number of ether oxygens (including phenoxy) is 1. The largest absolute Gasteiger partial charge is 0.459 e. The number of esters is 1. The molecule has 188 valence electrons. The van der Waals surface area contributed by atoms with Crippen molar-refractivity contribution < 1.29 is 23.1 Å². The fourth-order valence-corrected chi connectivity index (χ4v) is 3.85. The van der Waals surface area contributed by atoms with E-state index in [1.54, 1.807) is 20.8 Å². The van der Waals surface area contributed by atoms with Gasteiger partial charge in [0, 0.05) is 30.5 Å². The normalized spacial score (nSPS) is 12.8. The summed E-state index contributed by atoms with van der Waals surface area (Å²) < 4.78 is 33.6. The summed E-state index contributed by atoms with van der Waals surface area (Å²) in [5.74, 6) is -2.27. The highest BCUT2D eigenvalue weighted by Crippen LogP contribution is 2.33. The minimum Gasteiger partial charge on any atom is -0.459 e. The molecule has 2 aromatic carbocycles. The number of aromatic nitrogens is 2. The highest BCUT2D eigenvalue weighted by molar-refractivity contribution is 6.00. The highest BCUT2D eigenvalue weighted by atomic mass is 19.1. The number of nitrogens with one attached hydrogen (secondary N) is 2. The first kappa shape index (κ1) is 25.0. The number of amides is 1. The number of para-hydroxylation sites is 1. The lowest BCUT2D eigenvalue weighted by Crippen LogP contribution is -2.35. The number of rotatable bonds is 7. The average Bonchev–Trinajstić information content (AvgIpc) is 3.25. The first-order chi connectivity index (χ1) is 17.1.